The number of rotatable bonds is 2. The van der Waals surface area contributed by atoms with Gasteiger partial charge >= 0.3 is 5.97 Å². The fourth-order valence-corrected chi connectivity index (χ4v) is 3.76. The van der Waals surface area contributed by atoms with E-state index in [0.717, 1.165) is 24.6 Å². The number of halogens is 1. The zero-order chi connectivity index (χ0) is 9.53. The van der Waals surface area contributed by atoms with Gasteiger partial charge in [-0.1, -0.05) is 15.9 Å². The maximum atomic E-state index is 11.6. The highest BCUT2D eigenvalue weighted by Gasteiger charge is 2.57. The number of hydrogen-bond acceptors (Lipinski definition) is 2. The molecule has 0 atom stereocenters. The minimum absolute atomic E-state index is 0.0211. The van der Waals surface area contributed by atoms with Gasteiger partial charge in [-0.25, -0.2) is 0 Å². The van der Waals surface area contributed by atoms with E-state index in [-0.39, 0.29) is 11.4 Å². The van der Waals surface area contributed by atoms with Crippen LogP contribution < -0.4 is 0 Å². The normalized spacial score (nSPS) is 42.3. The summed E-state index contributed by atoms with van der Waals surface area (Å²) in [5.41, 5.74) is 0.302. The fraction of sp³-hybridized carbons (Fsp3) is 0.900. The van der Waals surface area contributed by atoms with Crippen LogP contribution in [0.5, 0.6) is 0 Å². The third kappa shape index (κ3) is 1.24. The standard InChI is InChI=1S/C10H15BrO2/c1-13-8(12)10-4-2-9(6-10,7-11)3-5-10/h2-7H2,1H3. The second-order valence-corrected chi connectivity index (χ2v) is 5.14. The molecule has 0 heterocycles. The molecule has 2 aliphatic rings. The highest BCUT2D eigenvalue weighted by molar-refractivity contribution is 9.09. The summed E-state index contributed by atoms with van der Waals surface area (Å²) in [6.45, 7) is 0. The Kier molecular flexibility index (Phi) is 2.17. The minimum atomic E-state index is -0.109. The van der Waals surface area contributed by atoms with Gasteiger partial charge in [-0.15, -0.1) is 0 Å². The predicted octanol–water partition coefficient (Wildman–Crippen LogP) is 2.50. The summed E-state index contributed by atoms with van der Waals surface area (Å²) < 4.78 is 4.89. The van der Waals surface area contributed by atoms with E-state index in [1.165, 1.54) is 20.0 Å². The average molecular weight is 247 g/mol. The van der Waals surface area contributed by atoms with Crippen LogP contribution >= 0.6 is 15.9 Å². The molecular weight excluding hydrogens is 232 g/mol. The molecule has 0 aliphatic heterocycles. The van der Waals surface area contributed by atoms with Crippen molar-refractivity contribution in [3.05, 3.63) is 0 Å². The molecule has 2 saturated carbocycles. The number of esters is 1. The molecule has 0 spiro atoms. The third-order valence-corrected chi connectivity index (χ3v) is 5.07. The van der Waals surface area contributed by atoms with Gasteiger partial charge in [0.15, 0.2) is 0 Å². The molecule has 0 N–H and O–H groups in total. The van der Waals surface area contributed by atoms with Crippen LogP contribution in [0.25, 0.3) is 0 Å². The molecule has 2 bridgehead atoms. The summed E-state index contributed by atoms with van der Waals surface area (Å²) in [5, 5.41) is 1.04. The Labute approximate surface area is 87.2 Å². The van der Waals surface area contributed by atoms with Crippen LogP contribution in [0.3, 0.4) is 0 Å². The Bertz CT molecular complexity index is 229. The van der Waals surface area contributed by atoms with E-state index in [4.69, 9.17) is 4.74 Å². The molecule has 3 heteroatoms. The largest absolute Gasteiger partial charge is 0.469 e. The van der Waals surface area contributed by atoms with Crippen molar-refractivity contribution in [2.45, 2.75) is 32.1 Å². The van der Waals surface area contributed by atoms with Gasteiger partial charge in [-0.3, -0.25) is 4.79 Å². The van der Waals surface area contributed by atoms with Crippen molar-refractivity contribution in [1.29, 1.82) is 0 Å². The van der Waals surface area contributed by atoms with Crippen molar-refractivity contribution in [1.82, 2.24) is 0 Å². The van der Waals surface area contributed by atoms with E-state index in [0.29, 0.717) is 5.41 Å². The number of carbonyl (C=O) groups is 1. The Hall–Kier alpha value is -0.0500. The molecular formula is C10H15BrO2. The highest BCUT2D eigenvalue weighted by Crippen LogP contribution is 2.62. The van der Waals surface area contributed by atoms with Gasteiger partial charge in [-0.2, -0.15) is 0 Å². The third-order valence-electron chi connectivity index (χ3n) is 3.88. The van der Waals surface area contributed by atoms with E-state index in [2.05, 4.69) is 15.9 Å². The first kappa shape index (κ1) is 9.50. The van der Waals surface area contributed by atoms with Gasteiger partial charge in [0, 0.05) is 5.33 Å². The Morgan fingerprint density at radius 3 is 2.38 bits per heavy atom. The molecule has 2 aliphatic carbocycles. The van der Waals surface area contributed by atoms with E-state index < -0.39 is 0 Å². The van der Waals surface area contributed by atoms with E-state index >= 15 is 0 Å². The minimum Gasteiger partial charge on any atom is -0.469 e. The molecule has 0 aromatic carbocycles. The molecule has 0 amide bonds. The lowest BCUT2D eigenvalue weighted by Crippen LogP contribution is -2.27. The molecule has 2 fully saturated rings. The first-order valence-electron chi connectivity index (χ1n) is 4.81. The molecule has 2 nitrogen and oxygen atoms in total. The van der Waals surface area contributed by atoms with Crippen molar-refractivity contribution < 1.29 is 9.53 Å². The van der Waals surface area contributed by atoms with Crippen LogP contribution in [0, 0.1) is 10.8 Å². The van der Waals surface area contributed by atoms with Crippen LogP contribution in [0.15, 0.2) is 0 Å². The smallest absolute Gasteiger partial charge is 0.311 e. The molecule has 2 rings (SSSR count). The van der Waals surface area contributed by atoms with Crippen molar-refractivity contribution in [2.75, 3.05) is 12.4 Å². The second-order valence-electron chi connectivity index (χ2n) is 4.58. The lowest BCUT2D eigenvalue weighted by molar-refractivity contribution is -0.152. The molecule has 0 aromatic rings. The number of ether oxygens (including phenoxy) is 1. The van der Waals surface area contributed by atoms with Gasteiger partial charge in [0.05, 0.1) is 12.5 Å². The number of alkyl halides is 1. The molecule has 74 valence electrons. The Balaban J connectivity index is 2.18. The molecule has 0 unspecified atom stereocenters. The zero-order valence-electron chi connectivity index (χ0n) is 7.94. The van der Waals surface area contributed by atoms with Gasteiger partial charge in [0.25, 0.3) is 0 Å². The topological polar surface area (TPSA) is 26.3 Å². The van der Waals surface area contributed by atoms with Gasteiger partial charge in [0.1, 0.15) is 0 Å². The van der Waals surface area contributed by atoms with Gasteiger partial charge < -0.3 is 4.74 Å². The molecule has 13 heavy (non-hydrogen) atoms. The van der Waals surface area contributed by atoms with Gasteiger partial charge in [0.2, 0.25) is 0 Å². The Morgan fingerprint density at radius 2 is 2.00 bits per heavy atom. The fourth-order valence-electron chi connectivity index (χ4n) is 3.00. The first-order chi connectivity index (χ1) is 6.16. The molecule has 0 saturated heterocycles. The maximum Gasteiger partial charge on any atom is 0.311 e. The second kappa shape index (κ2) is 2.97. The van der Waals surface area contributed by atoms with Crippen LogP contribution in [-0.4, -0.2) is 18.4 Å². The lowest BCUT2D eigenvalue weighted by atomic mass is 9.83. The van der Waals surface area contributed by atoms with Crippen LogP contribution in [0.2, 0.25) is 0 Å². The summed E-state index contributed by atoms with van der Waals surface area (Å²) in [7, 11) is 1.50. The van der Waals surface area contributed by atoms with Crippen LogP contribution in [-0.2, 0) is 9.53 Å². The molecule has 0 aromatic heterocycles. The number of carbonyl (C=O) groups excluding carboxylic acids is 1. The van der Waals surface area contributed by atoms with E-state index in [1.807, 2.05) is 0 Å². The van der Waals surface area contributed by atoms with Crippen LogP contribution in [0.1, 0.15) is 32.1 Å². The SMILES string of the molecule is COC(=O)C12CCC(CBr)(CC1)C2. The summed E-state index contributed by atoms with van der Waals surface area (Å²) in [4.78, 5) is 11.6. The van der Waals surface area contributed by atoms with Gasteiger partial charge in [-0.05, 0) is 37.5 Å². The predicted molar refractivity (Wildman–Crippen MR) is 53.8 cm³/mol. The average Bonchev–Trinajstić information content (AvgIpc) is 2.74. The number of fused-ring (bicyclic) bond motifs is 2. The number of hydrogen-bond donors (Lipinski definition) is 0. The zero-order valence-corrected chi connectivity index (χ0v) is 9.52. The first-order valence-corrected chi connectivity index (χ1v) is 5.93. The number of methoxy groups -OCH3 is 1. The van der Waals surface area contributed by atoms with Crippen molar-refractivity contribution in [3.8, 4) is 0 Å². The van der Waals surface area contributed by atoms with Crippen LogP contribution in [0.4, 0.5) is 0 Å². The van der Waals surface area contributed by atoms with Crippen molar-refractivity contribution in [2.24, 2.45) is 10.8 Å². The van der Waals surface area contributed by atoms with Crippen molar-refractivity contribution in [3.63, 3.8) is 0 Å². The van der Waals surface area contributed by atoms with Crippen molar-refractivity contribution >= 4 is 21.9 Å². The monoisotopic (exact) mass is 246 g/mol. The highest BCUT2D eigenvalue weighted by atomic mass is 79.9. The Morgan fingerprint density at radius 1 is 1.38 bits per heavy atom. The summed E-state index contributed by atoms with van der Waals surface area (Å²) in [6.07, 6.45) is 5.48. The summed E-state index contributed by atoms with van der Waals surface area (Å²) in [5.74, 6) is 0.0211. The summed E-state index contributed by atoms with van der Waals surface area (Å²) >= 11 is 3.56. The molecule has 0 radical (unpaired) electrons. The van der Waals surface area contributed by atoms with E-state index in [1.54, 1.807) is 0 Å². The lowest BCUT2D eigenvalue weighted by Gasteiger charge is -2.24. The van der Waals surface area contributed by atoms with E-state index in [9.17, 15) is 4.79 Å². The maximum absolute atomic E-state index is 11.6. The summed E-state index contributed by atoms with van der Waals surface area (Å²) in [6, 6.07) is 0. The quantitative estimate of drug-likeness (QED) is 0.553.